The topological polar surface area (TPSA) is 108 Å². The highest BCUT2D eigenvalue weighted by Gasteiger charge is 2.12. The highest BCUT2D eigenvalue weighted by molar-refractivity contribution is 6.30. The largest absolute Gasteiger partial charge is 0.360 e. The molecule has 0 bridgehead atoms. The number of hydrogen-bond donors (Lipinski definition) is 2. The number of hydrogen-bond acceptors (Lipinski definition) is 5. The van der Waals surface area contributed by atoms with Crippen LogP contribution in [0.25, 0.3) is 0 Å². The minimum absolute atomic E-state index is 0.159. The average molecular weight is 357 g/mol. The van der Waals surface area contributed by atoms with Crippen LogP contribution in [0.2, 0.25) is 5.02 Å². The predicted molar refractivity (Wildman–Crippen MR) is 95.2 cm³/mol. The van der Waals surface area contributed by atoms with Crippen LogP contribution in [0.1, 0.15) is 5.56 Å². The lowest BCUT2D eigenvalue weighted by atomic mass is 10.2. The first-order chi connectivity index (χ1) is 11.9. The minimum Gasteiger partial charge on any atom is -0.360 e. The van der Waals surface area contributed by atoms with Crippen LogP contribution < -0.4 is 10.6 Å². The Labute approximate surface area is 148 Å². The molecule has 7 nitrogen and oxygen atoms in total. The normalized spacial score (nSPS) is 10.7. The van der Waals surface area contributed by atoms with E-state index in [1.165, 1.54) is 30.5 Å². The van der Waals surface area contributed by atoms with Crippen molar-refractivity contribution in [1.29, 1.82) is 5.26 Å². The van der Waals surface area contributed by atoms with Gasteiger partial charge in [0.25, 0.3) is 11.6 Å². The smallest absolute Gasteiger partial charge is 0.271 e. The third-order valence-electron chi connectivity index (χ3n) is 3.25. The van der Waals surface area contributed by atoms with E-state index in [9.17, 15) is 14.9 Å². The van der Waals surface area contributed by atoms with Gasteiger partial charge < -0.3 is 10.6 Å². The van der Waals surface area contributed by atoms with E-state index in [0.29, 0.717) is 10.7 Å². The lowest BCUT2D eigenvalue weighted by Gasteiger charge is -2.07. The second-order valence-corrected chi connectivity index (χ2v) is 5.47. The van der Waals surface area contributed by atoms with Crippen LogP contribution in [0.5, 0.6) is 0 Å². The lowest BCUT2D eigenvalue weighted by molar-refractivity contribution is -0.384. The Hall–Kier alpha value is -3.37. The summed E-state index contributed by atoms with van der Waals surface area (Å²) in [5, 5.41) is 25.8. The molecule has 0 spiro atoms. The van der Waals surface area contributed by atoms with Gasteiger partial charge >= 0.3 is 0 Å². The van der Waals surface area contributed by atoms with Gasteiger partial charge in [-0.3, -0.25) is 14.9 Å². The number of nitro groups is 1. The van der Waals surface area contributed by atoms with Gasteiger partial charge in [-0.05, 0) is 30.7 Å². The molecule has 2 aromatic rings. The number of nitro benzene ring substituents is 1. The van der Waals surface area contributed by atoms with Crippen LogP contribution in [0.4, 0.5) is 17.1 Å². The Balaban J connectivity index is 2.15. The third-order valence-corrected chi connectivity index (χ3v) is 3.49. The quantitative estimate of drug-likeness (QED) is 0.364. The number of benzene rings is 2. The molecule has 0 aromatic heterocycles. The number of non-ortho nitro benzene ring substituents is 1. The molecular weight excluding hydrogens is 344 g/mol. The molecule has 0 saturated carbocycles. The van der Waals surface area contributed by atoms with Gasteiger partial charge in [0, 0.05) is 34.7 Å². The molecule has 0 aliphatic rings. The van der Waals surface area contributed by atoms with Crippen LogP contribution in [-0.2, 0) is 4.79 Å². The van der Waals surface area contributed by atoms with E-state index in [4.69, 9.17) is 16.9 Å². The fourth-order valence-corrected chi connectivity index (χ4v) is 2.12. The molecule has 2 rings (SSSR count). The zero-order chi connectivity index (χ0) is 18.4. The molecule has 0 heterocycles. The van der Waals surface area contributed by atoms with Crippen LogP contribution in [0.15, 0.2) is 54.2 Å². The second-order valence-electron chi connectivity index (χ2n) is 5.03. The lowest BCUT2D eigenvalue weighted by Crippen LogP contribution is -2.14. The van der Waals surface area contributed by atoms with Crippen molar-refractivity contribution < 1.29 is 9.72 Å². The maximum Gasteiger partial charge on any atom is 0.271 e. The number of nitrogens with zero attached hydrogens (tertiary/aromatic N) is 2. The van der Waals surface area contributed by atoms with Gasteiger partial charge in [0.05, 0.1) is 4.92 Å². The SMILES string of the molecule is Cc1ccc(Cl)cc1N/C=C(/C#N)C(=O)Nc1cccc([N+](=O)[O-])c1. The molecule has 2 N–H and O–H groups in total. The van der Waals surface area contributed by atoms with Gasteiger partial charge in [-0.2, -0.15) is 5.26 Å². The minimum atomic E-state index is -0.685. The number of nitriles is 1. The van der Waals surface area contributed by atoms with Gasteiger partial charge in [0.15, 0.2) is 0 Å². The Kier molecular flexibility index (Phi) is 5.71. The average Bonchev–Trinajstić information content (AvgIpc) is 2.58. The van der Waals surface area contributed by atoms with Crippen molar-refractivity contribution in [2.45, 2.75) is 6.92 Å². The third kappa shape index (κ3) is 4.80. The molecule has 1 amide bonds. The summed E-state index contributed by atoms with van der Waals surface area (Å²) < 4.78 is 0. The summed E-state index contributed by atoms with van der Waals surface area (Å²) >= 11 is 5.92. The Bertz CT molecular complexity index is 903. The summed E-state index contributed by atoms with van der Waals surface area (Å²) in [7, 11) is 0. The summed E-state index contributed by atoms with van der Waals surface area (Å²) in [5.41, 5.74) is 1.42. The molecule has 0 aliphatic carbocycles. The maximum absolute atomic E-state index is 12.2. The molecule has 126 valence electrons. The number of amides is 1. The van der Waals surface area contributed by atoms with Crippen molar-refractivity contribution >= 4 is 34.6 Å². The second kappa shape index (κ2) is 7.95. The maximum atomic E-state index is 12.2. The summed E-state index contributed by atoms with van der Waals surface area (Å²) in [6.45, 7) is 1.85. The van der Waals surface area contributed by atoms with Crippen LogP contribution in [0, 0.1) is 28.4 Å². The molecule has 25 heavy (non-hydrogen) atoms. The van der Waals surface area contributed by atoms with E-state index in [2.05, 4.69) is 10.6 Å². The zero-order valence-corrected chi connectivity index (χ0v) is 13.9. The number of halogens is 1. The molecule has 0 saturated heterocycles. The Morgan fingerprint density at radius 2 is 2.08 bits per heavy atom. The Morgan fingerprint density at radius 1 is 1.32 bits per heavy atom. The van der Waals surface area contributed by atoms with E-state index in [-0.39, 0.29) is 16.9 Å². The van der Waals surface area contributed by atoms with Gasteiger partial charge in [0.1, 0.15) is 11.6 Å². The van der Waals surface area contributed by atoms with Gasteiger partial charge in [0.2, 0.25) is 0 Å². The first-order valence-corrected chi connectivity index (χ1v) is 7.47. The van der Waals surface area contributed by atoms with E-state index in [0.717, 1.165) is 5.56 Å². The highest BCUT2D eigenvalue weighted by Crippen LogP contribution is 2.21. The zero-order valence-electron chi connectivity index (χ0n) is 13.1. The van der Waals surface area contributed by atoms with Crippen molar-refractivity contribution in [3.05, 3.63) is 74.9 Å². The van der Waals surface area contributed by atoms with Crippen LogP contribution in [-0.4, -0.2) is 10.8 Å². The number of rotatable bonds is 5. The number of anilines is 2. The molecule has 2 aromatic carbocycles. The first kappa shape index (κ1) is 18.0. The molecular formula is C17H13ClN4O3. The fraction of sp³-hybridized carbons (Fsp3) is 0.0588. The summed E-state index contributed by atoms with van der Waals surface area (Å²) in [5.74, 6) is -0.685. The molecule has 0 radical (unpaired) electrons. The number of aryl methyl sites for hydroxylation is 1. The molecule has 0 fully saturated rings. The van der Waals surface area contributed by atoms with Gasteiger partial charge in [-0.15, -0.1) is 0 Å². The standard InChI is InChI=1S/C17H13ClN4O3/c1-11-5-6-13(18)7-16(11)20-10-12(9-19)17(23)21-14-3-2-4-15(8-14)22(24)25/h2-8,10,20H,1H3,(H,21,23)/b12-10-. The number of nitrogens with one attached hydrogen (secondary N) is 2. The van der Waals surface area contributed by atoms with Crippen molar-refractivity contribution in [2.75, 3.05) is 10.6 Å². The molecule has 0 atom stereocenters. The van der Waals surface area contributed by atoms with E-state index >= 15 is 0 Å². The number of carbonyl (C=O) groups is 1. The first-order valence-electron chi connectivity index (χ1n) is 7.09. The van der Waals surface area contributed by atoms with E-state index in [1.54, 1.807) is 24.3 Å². The molecule has 0 unspecified atom stereocenters. The predicted octanol–water partition coefficient (Wildman–Crippen LogP) is 4.01. The Morgan fingerprint density at radius 3 is 2.76 bits per heavy atom. The summed E-state index contributed by atoms with van der Waals surface area (Å²) in [6.07, 6.45) is 1.26. The number of carbonyl (C=O) groups excluding carboxylic acids is 1. The fourth-order valence-electron chi connectivity index (χ4n) is 1.94. The summed E-state index contributed by atoms with van der Waals surface area (Å²) in [4.78, 5) is 22.3. The van der Waals surface area contributed by atoms with Crippen molar-refractivity contribution in [3.63, 3.8) is 0 Å². The van der Waals surface area contributed by atoms with E-state index in [1.807, 2.05) is 6.92 Å². The van der Waals surface area contributed by atoms with Crippen molar-refractivity contribution in [2.24, 2.45) is 0 Å². The van der Waals surface area contributed by atoms with E-state index < -0.39 is 10.8 Å². The summed E-state index contributed by atoms with van der Waals surface area (Å²) in [6, 6.07) is 12.4. The molecule has 8 heteroatoms. The molecule has 0 aliphatic heterocycles. The van der Waals surface area contributed by atoms with Crippen molar-refractivity contribution in [1.82, 2.24) is 0 Å². The monoisotopic (exact) mass is 356 g/mol. The highest BCUT2D eigenvalue weighted by atomic mass is 35.5. The van der Waals surface area contributed by atoms with Crippen LogP contribution in [0.3, 0.4) is 0 Å². The van der Waals surface area contributed by atoms with Crippen molar-refractivity contribution in [3.8, 4) is 6.07 Å². The van der Waals surface area contributed by atoms with Gasteiger partial charge in [-0.25, -0.2) is 0 Å². The van der Waals surface area contributed by atoms with Gasteiger partial charge in [-0.1, -0.05) is 23.7 Å². The van der Waals surface area contributed by atoms with Crippen LogP contribution >= 0.6 is 11.6 Å².